The van der Waals surface area contributed by atoms with Crippen molar-refractivity contribution in [2.75, 3.05) is 12.3 Å². The number of hydrogen-bond donors (Lipinski definition) is 0. The maximum absolute atomic E-state index is 12.2. The third kappa shape index (κ3) is 19.5. The first-order valence-electron chi connectivity index (χ1n) is 15.7. The van der Waals surface area contributed by atoms with E-state index in [1.54, 1.807) is 4.47 Å². The van der Waals surface area contributed by atoms with Gasteiger partial charge in [-0.25, -0.2) is 9.59 Å². The SMILES string of the molecule is CC(C)CCCCCP(=C=O)(CCCCCC(C)C)C(=C=O)CCCCC(C)C.CC[CH2][Mn][C]1=CC=CC1. The van der Waals surface area contributed by atoms with Crippen LogP contribution in [0.25, 0.3) is 0 Å². The molecular formula is C34H61MnO2P. The summed E-state index contributed by atoms with van der Waals surface area (Å²) in [4.78, 5) is 24.1. The molecule has 0 radical (unpaired) electrons. The van der Waals surface area contributed by atoms with E-state index in [1.165, 1.54) is 50.3 Å². The van der Waals surface area contributed by atoms with E-state index < -0.39 is 6.89 Å². The van der Waals surface area contributed by atoms with Crippen LogP contribution in [-0.2, 0) is 24.5 Å². The van der Waals surface area contributed by atoms with Gasteiger partial charge in [0.25, 0.3) is 0 Å². The van der Waals surface area contributed by atoms with E-state index >= 15 is 0 Å². The van der Waals surface area contributed by atoms with E-state index in [0.717, 1.165) is 89.4 Å². The van der Waals surface area contributed by atoms with Crippen molar-refractivity contribution >= 4 is 18.5 Å². The summed E-state index contributed by atoms with van der Waals surface area (Å²) in [6, 6.07) is 0. The zero-order valence-electron chi connectivity index (χ0n) is 26.1. The predicted molar refractivity (Wildman–Crippen MR) is 168 cm³/mol. The van der Waals surface area contributed by atoms with Gasteiger partial charge in [-0.1, -0.05) is 92.9 Å². The molecule has 2 nitrogen and oxygen atoms in total. The number of allylic oxidation sites excluding steroid dienone is 5. The summed E-state index contributed by atoms with van der Waals surface area (Å²) in [6.07, 6.45) is 24.4. The van der Waals surface area contributed by atoms with Crippen molar-refractivity contribution < 1.29 is 24.5 Å². The van der Waals surface area contributed by atoms with Gasteiger partial charge in [0.1, 0.15) is 11.6 Å². The molecule has 0 amide bonds. The van der Waals surface area contributed by atoms with Crippen LogP contribution in [0.3, 0.4) is 0 Å². The molecule has 0 aromatic carbocycles. The Morgan fingerprint density at radius 2 is 1.34 bits per heavy atom. The second kappa shape index (κ2) is 24.3. The first-order chi connectivity index (χ1) is 18.2. The Kier molecular flexibility index (Phi) is 23.9. The van der Waals surface area contributed by atoms with E-state index in [2.05, 4.69) is 78.3 Å². The molecule has 0 atom stereocenters. The molecule has 0 heterocycles. The summed E-state index contributed by atoms with van der Waals surface area (Å²) in [5.74, 6) is 4.42. The molecule has 0 aromatic rings. The average Bonchev–Trinajstić information content (AvgIpc) is 3.40. The van der Waals surface area contributed by atoms with Crippen LogP contribution in [-0.4, -0.2) is 23.9 Å². The van der Waals surface area contributed by atoms with Crippen LogP contribution in [0.5, 0.6) is 0 Å². The van der Waals surface area contributed by atoms with Crippen molar-refractivity contribution in [2.24, 2.45) is 17.8 Å². The molecule has 0 saturated carbocycles. The summed E-state index contributed by atoms with van der Waals surface area (Å²) in [6.45, 7) is 13.7. The van der Waals surface area contributed by atoms with Gasteiger partial charge in [-0.3, -0.25) is 0 Å². The Morgan fingerprint density at radius 3 is 1.74 bits per heavy atom. The van der Waals surface area contributed by atoms with Gasteiger partial charge in [-0.2, -0.15) is 0 Å². The molecule has 0 unspecified atom stereocenters. The topological polar surface area (TPSA) is 34.1 Å². The van der Waals surface area contributed by atoms with Crippen molar-refractivity contribution in [2.45, 2.75) is 144 Å². The van der Waals surface area contributed by atoms with Gasteiger partial charge in [0.15, 0.2) is 0 Å². The van der Waals surface area contributed by atoms with Crippen LogP contribution >= 0.6 is 6.89 Å². The maximum atomic E-state index is 12.2. The second-order valence-corrected chi connectivity index (χ2v) is 17.6. The fourth-order valence-electron chi connectivity index (χ4n) is 4.68. The van der Waals surface area contributed by atoms with Crippen LogP contribution in [0.15, 0.2) is 28.0 Å². The monoisotopic (exact) mass is 587 g/mol. The number of hydrogen-bond acceptors (Lipinski definition) is 2. The van der Waals surface area contributed by atoms with Gasteiger partial charge in [0, 0.05) is 12.2 Å². The van der Waals surface area contributed by atoms with Crippen molar-refractivity contribution in [3.63, 3.8) is 0 Å². The minimum absolute atomic E-state index is 0.692. The summed E-state index contributed by atoms with van der Waals surface area (Å²) < 4.78 is 1.64. The fourth-order valence-corrected chi connectivity index (χ4v) is 9.26. The quantitative estimate of drug-likeness (QED) is 0.0579. The van der Waals surface area contributed by atoms with Crippen molar-refractivity contribution in [3.05, 3.63) is 28.0 Å². The van der Waals surface area contributed by atoms with E-state index in [4.69, 9.17) is 0 Å². The normalized spacial score (nSPS) is 12.9. The Labute approximate surface area is 244 Å². The van der Waals surface area contributed by atoms with Crippen LogP contribution in [0, 0.1) is 17.8 Å². The van der Waals surface area contributed by atoms with E-state index in [1.807, 2.05) is 0 Å². The predicted octanol–water partition coefficient (Wildman–Crippen LogP) is 11.2. The molecule has 0 aliphatic heterocycles. The molecule has 0 fully saturated rings. The Morgan fingerprint density at radius 1 is 0.816 bits per heavy atom. The Hall–Kier alpha value is -0.541. The summed E-state index contributed by atoms with van der Waals surface area (Å²) in [7, 11) is 0. The molecule has 221 valence electrons. The van der Waals surface area contributed by atoms with Crippen LogP contribution in [0.4, 0.5) is 0 Å². The summed E-state index contributed by atoms with van der Waals surface area (Å²) in [5.41, 5.74) is 2.48. The van der Waals surface area contributed by atoms with Gasteiger partial charge in [-0.05, 0) is 55.8 Å². The number of unbranched alkanes of at least 4 members (excludes halogenated alkanes) is 5. The zero-order valence-corrected chi connectivity index (χ0v) is 28.2. The Balaban J connectivity index is 0.00000127. The zero-order chi connectivity index (χ0) is 28.7. The second-order valence-electron chi connectivity index (χ2n) is 12.2. The first kappa shape index (κ1) is 37.5. The van der Waals surface area contributed by atoms with E-state index in [-0.39, 0.29) is 0 Å². The van der Waals surface area contributed by atoms with Gasteiger partial charge >= 0.3 is 62.7 Å². The van der Waals surface area contributed by atoms with E-state index in [0.29, 0.717) is 5.92 Å². The molecule has 38 heavy (non-hydrogen) atoms. The standard InChI is InChI=1S/C26H49O2P.C5H5.C3H7.Mn/c1-23(2)15-9-7-13-19-29(22-28,20-14-8-10-16-24(3)4)26(21-27)18-12-11-17-25(5)6;1-2-4-5-3-1;1-3-2;/h23-25H,7-20H2,1-6H3;1-3H,4H2;1,3H2,2H3;. The van der Waals surface area contributed by atoms with Crippen molar-refractivity contribution in [1.29, 1.82) is 0 Å². The van der Waals surface area contributed by atoms with Gasteiger partial charge in [0.2, 0.25) is 0 Å². The average molecular weight is 588 g/mol. The summed E-state index contributed by atoms with van der Waals surface area (Å²) >= 11 is 1.06. The molecule has 1 aliphatic carbocycles. The van der Waals surface area contributed by atoms with Gasteiger partial charge in [-0.15, -0.1) is 0 Å². The van der Waals surface area contributed by atoms with Gasteiger partial charge in [0.05, 0.1) is 0 Å². The van der Waals surface area contributed by atoms with Gasteiger partial charge < -0.3 is 0 Å². The molecule has 1 rings (SSSR count). The summed E-state index contributed by atoms with van der Waals surface area (Å²) in [5, 5.41) is 2.20. The Bertz CT molecular complexity index is 758. The van der Waals surface area contributed by atoms with Crippen molar-refractivity contribution in [1.82, 2.24) is 0 Å². The molecule has 0 aromatic heterocycles. The van der Waals surface area contributed by atoms with Crippen molar-refractivity contribution in [3.8, 4) is 0 Å². The fraction of sp³-hybridized carbons (Fsp3) is 0.794. The van der Waals surface area contributed by atoms with E-state index in [9.17, 15) is 9.59 Å². The molecule has 0 bridgehead atoms. The third-order valence-electron chi connectivity index (χ3n) is 7.08. The minimum atomic E-state index is -2.09. The number of carbonyl (C=O) groups excluding carboxylic acids is 2. The molecular weight excluding hydrogens is 526 g/mol. The molecule has 0 N–H and O–H groups in total. The van der Waals surface area contributed by atoms with Crippen LogP contribution in [0.1, 0.15) is 138 Å². The molecule has 0 saturated heterocycles. The third-order valence-corrected chi connectivity index (χ3v) is 12.8. The molecule has 1 aliphatic rings. The first-order valence-corrected chi connectivity index (χ1v) is 19.2. The van der Waals surface area contributed by atoms with Crippen LogP contribution in [0.2, 0.25) is 5.32 Å². The molecule has 0 spiro atoms. The molecule has 4 heteroatoms. The number of rotatable bonds is 21. The van der Waals surface area contributed by atoms with Crippen LogP contribution < -0.4 is 0 Å².